The Morgan fingerprint density at radius 2 is 2.23 bits per heavy atom. The number of hydrogen-bond donors (Lipinski definition) is 1. The van der Waals surface area contributed by atoms with E-state index in [9.17, 15) is 0 Å². The molecule has 0 atom stereocenters. The largest absolute Gasteiger partial charge is 0.376 e. The van der Waals surface area contributed by atoms with E-state index in [1.807, 2.05) is 19.1 Å². The second-order valence-corrected chi connectivity index (χ2v) is 4.14. The standard InChI is InChI=1S/C10H12BrNS/c1-3-12-10(13)9-5-4-8(11)6-7(9)2/h4-6H,3H2,1-2H3,(H,12,13). The zero-order chi connectivity index (χ0) is 9.84. The van der Waals surface area contributed by atoms with Gasteiger partial charge in [-0.05, 0) is 31.5 Å². The van der Waals surface area contributed by atoms with Gasteiger partial charge in [-0.2, -0.15) is 0 Å². The van der Waals surface area contributed by atoms with Gasteiger partial charge in [-0.3, -0.25) is 0 Å². The van der Waals surface area contributed by atoms with Crippen molar-refractivity contribution in [2.75, 3.05) is 6.54 Å². The fraction of sp³-hybridized carbons (Fsp3) is 0.300. The van der Waals surface area contributed by atoms with E-state index in [1.54, 1.807) is 0 Å². The van der Waals surface area contributed by atoms with Crippen molar-refractivity contribution in [3.63, 3.8) is 0 Å². The molecule has 1 aromatic carbocycles. The predicted octanol–water partition coefficient (Wildman–Crippen LogP) is 3.04. The topological polar surface area (TPSA) is 12.0 Å². The Morgan fingerprint density at radius 1 is 1.54 bits per heavy atom. The van der Waals surface area contributed by atoms with E-state index in [2.05, 4.69) is 34.2 Å². The number of halogens is 1. The first-order valence-corrected chi connectivity index (χ1v) is 5.39. The van der Waals surface area contributed by atoms with E-state index in [0.717, 1.165) is 21.6 Å². The molecule has 1 nitrogen and oxygen atoms in total. The van der Waals surface area contributed by atoms with Gasteiger partial charge in [0, 0.05) is 16.6 Å². The zero-order valence-corrected chi connectivity index (χ0v) is 10.1. The summed E-state index contributed by atoms with van der Waals surface area (Å²) in [6.07, 6.45) is 0. The lowest BCUT2D eigenvalue weighted by Gasteiger charge is -2.08. The van der Waals surface area contributed by atoms with Gasteiger partial charge >= 0.3 is 0 Å². The van der Waals surface area contributed by atoms with Crippen LogP contribution in [0.2, 0.25) is 0 Å². The smallest absolute Gasteiger partial charge is 0.106 e. The van der Waals surface area contributed by atoms with Crippen molar-refractivity contribution in [2.45, 2.75) is 13.8 Å². The molecule has 0 aliphatic carbocycles. The number of hydrogen-bond acceptors (Lipinski definition) is 1. The molecule has 0 amide bonds. The first-order chi connectivity index (χ1) is 6.15. The van der Waals surface area contributed by atoms with E-state index in [4.69, 9.17) is 12.2 Å². The van der Waals surface area contributed by atoms with Crippen LogP contribution in [0.1, 0.15) is 18.1 Å². The predicted molar refractivity (Wildman–Crippen MR) is 64.3 cm³/mol. The summed E-state index contributed by atoms with van der Waals surface area (Å²) in [5.74, 6) is 0. The van der Waals surface area contributed by atoms with E-state index in [1.165, 1.54) is 5.56 Å². The molecule has 0 radical (unpaired) electrons. The van der Waals surface area contributed by atoms with E-state index in [-0.39, 0.29) is 0 Å². The normalized spacial score (nSPS) is 9.77. The fourth-order valence-corrected chi connectivity index (χ4v) is 1.99. The summed E-state index contributed by atoms with van der Waals surface area (Å²) in [6, 6.07) is 6.11. The van der Waals surface area contributed by atoms with Crippen LogP contribution >= 0.6 is 28.1 Å². The highest BCUT2D eigenvalue weighted by molar-refractivity contribution is 9.10. The van der Waals surface area contributed by atoms with Gasteiger partial charge in [-0.15, -0.1) is 0 Å². The van der Waals surface area contributed by atoms with E-state index >= 15 is 0 Å². The van der Waals surface area contributed by atoms with Gasteiger partial charge < -0.3 is 5.32 Å². The van der Waals surface area contributed by atoms with Crippen LogP contribution in [0.3, 0.4) is 0 Å². The molecule has 13 heavy (non-hydrogen) atoms. The van der Waals surface area contributed by atoms with Gasteiger partial charge in [0.2, 0.25) is 0 Å². The first-order valence-electron chi connectivity index (χ1n) is 4.19. The summed E-state index contributed by atoms with van der Waals surface area (Å²) in [7, 11) is 0. The molecular formula is C10H12BrNS. The average molecular weight is 258 g/mol. The Labute approximate surface area is 92.7 Å². The lowest BCUT2D eigenvalue weighted by Crippen LogP contribution is -2.22. The monoisotopic (exact) mass is 257 g/mol. The van der Waals surface area contributed by atoms with Crippen molar-refractivity contribution >= 4 is 33.1 Å². The minimum atomic E-state index is 0.826. The van der Waals surface area contributed by atoms with Crippen molar-refractivity contribution in [1.82, 2.24) is 5.32 Å². The Kier molecular flexibility index (Phi) is 3.88. The lowest BCUT2D eigenvalue weighted by molar-refractivity contribution is 0.981. The molecule has 0 unspecified atom stereocenters. The molecule has 0 bridgehead atoms. The van der Waals surface area contributed by atoms with Gasteiger partial charge in [-0.25, -0.2) is 0 Å². The summed E-state index contributed by atoms with van der Waals surface area (Å²) in [5.41, 5.74) is 2.31. The van der Waals surface area contributed by atoms with E-state index in [0.29, 0.717) is 0 Å². The highest BCUT2D eigenvalue weighted by atomic mass is 79.9. The average Bonchev–Trinajstić information content (AvgIpc) is 2.04. The summed E-state index contributed by atoms with van der Waals surface area (Å²) < 4.78 is 1.09. The van der Waals surface area contributed by atoms with Gasteiger partial charge in [0.05, 0.1) is 0 Å². The number of benzene rings is 1. The molecule has 70 valence electrons. The number of rotatable bonds is 2. The Morgan fingerprint density at radius 3 is 2.77 bits per heavy atom. The Balaban J connectivity index is 2.95. The molecule has 0 heterocycles. The summed E-state index contributed by atoms with van der Waals surface area (Å²) in [5, 5.41) is 3.14. The third-order valence-electron chi connectivity index (χ3n) is 1.77. The van der Waals surface area contributed by atoms with Gasteiger partial charge in [0.25, 0.3) is 0 Å². The summed E-state index contributed by atoms with van der Waals surface area (Å²) >= 11 is 8.64. The summed E-state index contributed by atoms with van der Waals surface area (Å²) in [6.45, 7) is 4.97. The van der Waals surface area contributed by atoms with Crippen LogP contribution in [0.15, 0.2) is 22.7 Å². The van der Waals surface area contributed by atoms with Crippen LogP contribution in [0, 0.1) is 6.92 Å². The molecule has 0 fully saturated rings. The maximum absolute atomic E-state index is 5.22. The molecular weight excluding hydrogens is 246 g/mol. The first kappa shape index (κ1) is 10.7. The SMILES string of the molecule is CCNC(=S)c1ccc(Br)cc1C. The van der Waals surface area contributed by atoms with Crippen molar-refractivity contribution in [1.29, 1.82) is 0 Å². The van der Waals surface area contributed by atoms with Crippen molar-refractivity contribution < 1.29 is 0 Å². The Hall–Kier alpha value is -0.410. The highest BCUT2D eigenvalue weighted by Crippen LogP contribution is 2.15. The zero-order valence-electron chi connectivity index (χ0n) is 7.73. The van der Waals surface area contributed by atoms with Crippen LogP contribution in [-0.2, 0) is 0 Å². The maximum Gasteiger partial charge on any atom is 0.106 e. The van der Waals surface area contributed by atoms with Crippen LogP contribution in [0.5, 0.6) is 0 Å². The molecule has 1 aromatic rings. The number of thiocarbonyl (C=S) groups is 1. The molecule has 1 N–H and O–H groups in total. The Bertz CT molecular complexity index is 323. The van der Waals surface area contributed by atoms with Gasteiger partial charge in [0.15, 0.2) is 0 Å². The molecule has 0 spiro atoms. The van der Waals surface area contributed by atoms with Crippen LogP contribution in [0.4, 0.5) is 0 Å². The number of nitrogens with one attached hydrogen (secondary N) is 1. The second kappa shape index (κ2) is 4.72. The molecule has 0 aliphatic heterocycles. The van der Waals surface area contributed by atoms with Gasteiger partial charge in [-0.1, -0.05) is 34.2 Å². The molecule has 3 heteroatoms. The van der Waals surface area contributed by atoms with Crippen LogP contribution in [0.25, 0.3) is 0 Å². The molecule has 0 saturated carbocycles. The second-order valence-electron chi connectivity index (χ2n) is 2.82. The minimum absolute atomic E-state index is 0.826. The summed E-state index contributed by atoms with van der Waals surface area (Å²) in [4.78, 5) is 0.826. The highest BCUT2D eigenvalue weighted by Gasteiger charge is 2.03. The third kappa shape index (κ3) is 2.78. The quantitative estimate of drug-likeness (QED) is 0.818. The van der Waals surface area contributed by atoms with Gasteiger partial charge in [0.1, 0.15) is 4.99 Å². The molecule has 0 saturated heterocycles. The third-order valence-corrected chi connectivity index (χ3v) is 2.63. The number of aryl methyl sites for hydroxylation is 1. The van der Waals surface area contributed by atoms with Crippen molar-refractivity contribution in [3.05, 3.63) is 33.8 Å². The molecule has 1 rings (SSSR count). The van der Waals surface area contributed by atoms with Crippen LogP contribution in [-0.4, -0.2) is 11.5 Å². The minimum Gasteiger partial charge on any atom is -0.376 e. The van der Waals surface area contributed by atoms with Crippen molar-refractivity contribution in [2.24, 2.45) is 0 Å². The van der Waals surface area contributed by atoms with Crippen LogP contribution < -0.4 is 5.32 Å². The molecule has 0 aromatic heterocycles. The lowest BCUT2D eigenvalue weighted by atomic mass is 10.1. The fourth-order valence-electron chi connectivity index (χ4n) is 1.14. The van der Waals surface area contributed by atoms with E-state index < -0.39 is 0 Å². The van der Waals surface area contributed by atoms with Crippen molar-refractivity contribution in [3.8, 4) is 0 Å². The maximum atomic E-state index is 5.22. The molecule has 0 aliphatic rings.